The van der Waals surface area contributed by atoms with Crippen molar-refractivity contribution in [1.29, 1.82) is 5.41 Å². The molecule has 0 spiro atoms. The van der Waals surface area contributed by atoms with Crippen LogP contribution in [0.2, 0.25) is 0 Å². The number of ether oxygens (including phenoxy) is 1. The number of rotatable bonds is 2. The molecular weight excluding hydrogens is 126 g/mol. The van der Waals surface area contributed by atoms with Gasteiger partial charge in [0.2, 0.25) is 5.90 Å². The molecule has 2 heteroatoms. The Balaban J connectivity index is 3.88. The molecule has 0 aliphatic rings. The Bertz CT molecular complexity index is 168. The average Bonchev–Trinajstić information content (AvgIpc) is 1.99. The van der Waals surface area contributed by atoms with E-state index in [1.54, 1.807) is 6.08 Å². The van der Waals surface area contributed by atoms with Crippen LogP contribution in [0.4, 0.5) is 0 Å². The van der Waals surface area contributed by atoms with Crippen molar-refractivity contribution in [2.24, 2.45) is 0 Å². The highest BCUT2D eigenvalue weighted by Crippen LogP contribution is 1.93. The van der Waals surface area contributed by atoms with Crippen molar-refractivity contribution >= 4 is 5.90 Å². The van der Waals surface area contributed by atoms with E-state index in [1.165, 1.54) is 7.11 Å². The Morgan fingerprint density at radius 3 is 2.40 bits per heavy atom. The van der Waals surface area contributed by atoms with Crippen LogP contribution < -0.4 is 0 Å². The summed E-state index contributed by atoms with van der Waals surface area (Å²) in [6.45, 7) is 3.93. The molecule has 0 unspecified atom stereocenters. The van der Waals surface area contributed by atoms with Gasteiger partial charge in [-0.1, -0.05) is 17.7 Å². The first-order valence-corrected chi connectivity index (χ1v) is 3.14. The van der Waals surface area contributed by atoms with Gasteiger partial charge in [-0.25, -0.2) is 0 Å². The molecule has 56 valence electrons. The molecule has 0 radical (unpaired) electrons. The first-order valence-electron chi connectivity index (χ1n) is 3.14. The van der Waals surface area contributed by atoms with E-state index in [0.717, 1.165) is 5.57 Å². The number of allylic oxidation sites excluding steroid dienone is 3. The summed E-state index contributed by atoms with van der Waals surface area (Å²) in [5.74, 6) is 0.182. The fourth-order valence-corrected chi connectivity index (χ4v) is 0.371. The zero-order chi connectivity index (χ0) is 7.98. The number of hydrogen-bond donors (Lipinski definition) is 1. The third kappa shape index (κ3) is 3.89. The Morgan fingerprint density at radius 1 is 1.40 bits per heavy atom. The fourth-order valence-electron chi connectivity index (χ4n) is 0.371. The topological polar surface area (TPSA) is 33.1 Å². The van der Waals surface area contributed by atoms with E-state index in [4.69, 9.17) is 5.41 Å². The van der Waals surface area contributed by atoms with Gasteiger partial charge in [-0.3, -0.25) is 5.41 Å². The summed E-state index contributed by atoms with van der Waals surface area (Å²) in [6, 6.07) is 0. The molecule has 0 saturated heterocycles. The lowest BCUT2D eigenvalue weighted by Crippen LogP contribution is -1.91. The van der Waals surface area contributed by atoms with Crippen LogP contribution in [0.5, 0.6) is 0 Å². The monoisotopic (exact) mass is 139 g/mol. The summed E-state index contributed by atoms with van der Waals surface area (Å²) in [6.07, 6.45) is 5.43. The Labute approximate surface area is 61.7 Å². The maximum Gasteiger partial charge on any atom is 0.205 e. The van der Waals surface area contributed by atoms with Gasteiger partial charge in [-0.15, -0.1) is 0 Å². The van der Waals surface area contributed by atoms with Gasteiger partial charge in [-0.05, 0) is 19.9 Å². The molecule has 0 aromatic carbocycles. The molecule has 0 aromatic rings. The van der Waals surface area contributed by atoms with Crippen LogP contribution in [-0.4, -0.2) is 13.0 Å². The summed E-state index contributed by atoms with van der Waals surface area (Å²) < 4.78 is 4.61. The third-order valence-corrected chi connectivity index (χ3v) is 1.17. The molecule has 1 N–H and O–H groups in total. The predicted octanol–water partition coefficient (Wildman–Crippen LogP) is 2.13. The average molecular weight is 139 g/mol. The molecule has 0 saturated carbocycles. The molecule has 0 atom stereocenters. The number of nitrogens with one attached hydrogen (secondary N) is 1. The van der Waals surface area contributed by atoms with Crippen LogP contribution in [0.15, 0.2) is 23.8 Å². The molecule has 2 nitrogen and oxygen atoms in total. The first kappa shape index (κ1) is 8.95. The van der Waals surface area contributed by atoms with Crippen molar-refractivity contribution in [3.63, 3.8) is 0 Å². The highest BCUT2D eigenvalue weighted by Gasteiger charge is 1.83. The van der Waals surface area contributed by atoms with Crippen LogP contribution in [-0.2, 0) is 4.74 Å². The van der Waals surface area contributed by atoms with Crippen molar-refractivity contribution in [2.75, 3.05) is 7.11 Å². The normalized spacial score (nSPS) is 12.1. The smallest absolute Gasteiger partial charge is 0.205 e. The molecular formula is C8H13NO. The summed E-state index contributed by atoms with van der Waals surface area (Å²) in [7, 11) is 1.48. The molecule has 0 heterocycles. The van der Waals surface area contributed by atoms with Gasteiger partial charge in [-0.2, -0.15) is 0 Å². The quantitative estimate of drug-likeness (QED) is 0.355. The molecule has 0 bridgehead atoms. The maximum atomic E-state index is 7.07. The third-order valence-electron chi connectivity index (χ3n) is 1.17. The number of methoxy groups -OCH3 is 1. The minimum atomic E-state index is 0.182. The predicted molar refractivity (Wildman–Crippen MR) is 43.3 cm³/mol. The van der Waals surface area contributed by atoms with Gasteiger partial charge >= 0.3 is 0 Å². The fraction of sp³-hybridized carbons (Fsp3) is 0.375. The van der Waals surface area contributed by atoms with Crippen LogP contribution >= 0.6 is 0 Å². The van der Waals surface area contributed by atoms with Gasteiger partial charge < -0.3 is 4.74 Å². The first-order chi connectivity index (χ1) is 4.70. The van der Waals surface area contributed by atoms with E-state index in [9.17, 15) is 0 Å². The van der Waals surface area contributed by atoms with Gasteiger partial charge in [0.15, 0.2) is 0 Å². The lowest BCUT2D eigenvalue weighted by atomic mass is 10.3. The Kier molecular flexibility index (Phi) is 4.29. The second-order valence-electron chi connectivity index (χ2n) is 1.93. The number of hydrogen-bond acceptors (Lipinski definition) is 2. The summed E-state index contributed by atoms with van der Waals surface area (Å²) >= 11 is 0. The van der Waals surface area contributed by atoms with E-state index in [-0.39, 0.29) is 5.90 Å². The summed E-state index contributed by atoms with van der Waals surface area (Å²) in [5.41, 5.74) is 1.13. The summed E-state index contributed by atoms with van der Waals surface area (Å²) in [4.78, 5) is 0. The van der Waals surface area contributed by atoms with Crippen molar-refractivity contribution in [1.82, 2.24) is 0 Å². The Morgan fingerprint density at radius 2 is 2.00 bits per heavy atom. The molecule has 0 fully saturated rings. The van der Waals surface area contributed by atoms with Crippen LogP contribution in [0.3, 0.4) is 0 Å². The van der Waals surface area contributed by atoms with E-state index in [0.29, 0.717) is 0 Å². The maximum absolute atomic E-state index is 7.07. The van der Waals surface area contributed by atoms with E-state index in [2.05, 4.69) is 4.74 Å². The van der Waals surface area contributed by atoms with Crippen molar-refractivity contribution in [3.8, 4) is 0 Å². The van der Waals surface area contributed by atoms with E-state index < -0.39 is 0 Å². The second kappa shape index (κ2) is 4.79. The van der Waals surface area contributed by atoms with Crippen molar-refractivity contribution in [2.45, 2.75) is 13.8 Å². The molecule has 10 heavy (non-hydrogen) atoms. The van der Waals surface area contributed by atoms with Crippen LogP contribution in [0.1, 0.15) is 13.8 Å². The van der Waals surface area contributed by atoms with Gasteiger partial charge in [0.1, 0.15) is 0 Å². The molecule has 0 amide bonds. The highest BCUT2D eigenvalue weighted by molar-refractivity contribution is 5.84. The minimum Gasteiger partial charge on any atom is -0.481 e. The van der Waals surface area contributed by atoms with Crippen molar-refractivity contribution in [3.05, 3.63) is 23.8 Å². The van der Waals surface area contributed by atoms with Gasteiger partial charge in [0.25, 0.3) is 0 Å². The molecule has 0 aliphatic carbocycles. The molecule has 0 aromatic heterocycles. The zero-order valence-corrected chi connectivity index (χ0v) is 6.64. The van der Waals surface area contributed by atoms with Gasteiger partial charge in [0.05, 0.1) is 7.11 Å². The van der Waals surface area contributed by atoms with Crippen molar-refractivity contribution < 1.29 is 4.74 Å². The lowest BCUT2D eigenvalue weighted by Gasteiger charge is -1.92. The zero-order valence-electron chi connectivity index (χ0n) is 6.64. The minimum absolute atomic E-state index is 0.182. The molecule has 0 aliphatic heterocycles. The van der Waals surface area contributed by atoms with Crippen LogP contribution in [0.25, 0.3) is 0 Å². The van der Waals surface area contributed by atoms with E-state index in [1.807, 2.05) is 26.0 Å². The molecule has 0 rings (SSSR count). The lowest BCUT2D eigenvalue weighted by molar-refractivity contribution is 0.403. The van der Waals surface area contributed by atoms with Gasteiger partial charge in [0, 0.05) is 0 Å². The largest absolute Gasteiger partial charge is 0.481 e. The summed E-state index contributed by atoms with van der Waals surface area (Å²) in [5, 5.41) is 7.07. The SMILES string of the molecule is C/C=C(C)\C=C/C(=N)OC. The Hall–Kier alpha value is -1.05. The highest BCUT2D eigenvalue weighted by atomic mass is 16.5. The van der Waals surface area contributed by atoms with Crippen LogP contribution in [0, 0.1) is 5.41 Å². The van der Waals surface area contributed by atoms with E-state index >= 15 is 0 Å². The second-order valence-corrected chi connectivity index (χ2v) is 1.93. The standard InChI is InChI=1S/C8H13NO/c1-4-7(2)5-6-8(9)10-3/h4-6,9H,1-3H3/b6-5-,7-4-,9-8?.